The summed E-state index contributed by atoms with van der Waals surface area (Å²) in [4.78, 5) is 21.0. The minimum absolute atomic E-state index is 0.110. The molecule has 0 aliphatic carbocycles. The summed E-state index contributed by atoms with van der Waals surface area (Å²) in [6.07, 6.45) is 8.88. The van der Waals surface area contributed by atoms with Gasteiger partial charge in [-0.25, -0.2) is 14.4 Å². The lowest BCUT2D eigenvalue weighted by Gasteiger charge is -2.14. The Kier molecular flexibility index (Phi) is 4.42. The van der Waals surface area contributed by atoms with E-state index in [0.717, 1.165) is 16.9 Å². The molecule has 4 rings (SSSR count). The van der Waals surface area contributed by atoms with Gasteiger partial charge in [-0.05, 0) is 43.3 Å². The van der Waals surface area contributed by atoms with Gasteiger partial charge in [0.2, 0.25) is 0 Å². The van der Waals surface area contributed by atoms with Crippen LogP contribution < -0.4 is 5.32 Å². The normalized spacial score (nSPS) is 12.2. The number of nitrogens with one attached hydrogen (secondary N) is 1. The van der Waals surface area contributed by atoms with E-state index in [-0.39, 0.29) is 17.8 Å². The van der Waals surface area contributed by atoms with Gasteiger partial charge in [0.1, 0.15) is 11.5 Å². The first-order chi connectivity index (χ1) is 13.1. The van der Waals surface area contributed by atoms with Crippen molar-refractivity contribution in [3.63, 3.8) is 0 Å². The SMILES string of the molecule is C[C@H](CNC(=O)c1ccc2nc(-c3ccc(F)cc3)cn2c1)n1ccnc1. The van der Waals surface area contributed by atoms with Crippen LogP contribution in [-0.4, -0.2) is 31.4 Å². The Hall–Kier alpha value is -3.48. The number of carbonyl (C=O) groups excluding carboxylic acids is 1. The largest absolute Gasteiger partial charge is 0.350 e. The monoisotopic (exact) mass is 363 g/mol. The number of hydrogen-bond donors (Lipinski definition) is 1. The van der Waals surface area contributed by atoms with E-state index >= 15 is 0 Å². The second kappa shape index (κ2) is 7.03. The van der Waals surface area contributed by atoms with E-state index in [4.69, 9.17) is 0 Å². The lowest BCUT2D eigenvalue weighted by atomic mass is 10.2. The summed E-state index contributed by atoms with van der Waals surface area (Å²) in [6, 6.07) is 9.82. The number of aromatic nitrogens is 4. The number of fused-ring (bicyclic) bond motifs is 1. The van der Waals surface area contributed by atoms with E-state index in [1.165, 1.54) is 12.1 Å². The number of halogens is 1. The summed E-state index contributed by atoms with van der Waals surface area (Å²) in [5.41, 5.74) is 2.81. The smallest absolute Gasteiger partial charge is 0.252 e. The molecule has 0 aliphatic heterocycles. The van der Waals surface area contributed by atoms with E-state index in [1.807, 2.05) is 23.9 Å². The molecule has 0 unspecified atom stereocenters. The molecule has 0 saturated carbocycles. The molecule has 7 heteroatoms. The van der Waals surface area contributed by atoms with Crippen molar-refractivity contribution in [3.8, 4) is 11.3 Å². The van der Waals surface area contributed by atoms with Crippen LogP contribution in [0.2, 0.25) is 0 Å². The zero-order valence-corrected chi connectivity index (χ0v) is 14.7. The Morgan fingerprint density at radius 3 is 2.74 bits per heavy atom. The third-order valence-electron chi connectivity index (χ3n) is 4.45. The molecule has 1 N–H and O–H groups in total. The van der Waals surface area contributed by atoms with E-state index in [0.29, 0.717) is 12.1 Å². The van der Waals surface area contributed by atoms with Gasteiger partial charge in [0, 0.05) is 42.9 Å². The maximum absolute atomic E-state index is 13.1. The van der Waals surface area contributed by atoms with Crippen LogP contribution in [-0.2, 0) is 0 Å². The average Bonchev–Trinajstić information content (AvgIpc) is 3.35. The summed E-state index contributed by atoms with van der Waals surface area (Å²) in [6.45, 7) is 2.51. The molecular weight excluding hydrogens is 345 g/mol. The molecule has 1 atom stereocenters. The van der Waals surface area contributed by atoms with Crippen LogP contribution in [0.4, 0.5) is 4.39 Å². The molecule has 3 heterocycles. The number of benzene rings is 1. The average molecular weight is 363 g/mol. The van der Waals surface area contributed by atoms with Crippen LogP contribution in [0.1, 0.15) is 23.3 Å². The number of nitrogens with zero attached hydrogens (tertiary/aromatic N) is 4. The van der Waals surface area contributed by atoms with Crippen molar-refractivity contribution >= 4 is 11.6 Å². The van der Waals surface area contributed by atoms with Gasteiger partial charge in [-0.3, -0.25) is 4.79 Å². The van der Waals surface area contributed by atoms with Crippen molar-refractivity contribution in [1.29, 1.82) is 0 Å². The van der Waals surface area contributed by atoms with Crippen LogP contribution >= 0.6 is 0 Å². The van der Waals surface area contributed by atoms with Crippen LogP contribution in [0.25, 0.3) is 16.9 Å². The van der Waals surface area contributed by atoms with Crippen LogP contribution in [0.5, 0.6) is 0 Å². The predicted molar refractivity (Wildman–Crippen MR) is 99.9 cm³/mol. The standard InChI is InChI=1S/C20H18FN5O/c1-14(25-9-8-22-13-25)10-23-20(27)16-4-7-19-24-18(12-26(19)11-16)15-2-5-17(21)6-3-15/h2-9,11-14H,10H2,1H3,(H,23,27)/t14-/m1/s1. The van der Waals surface area contributed by atoms with Gasteiger partial charge >= 0.3 is 0 Å². The van der Waals surface area contributed by atoms with Gasteiger partial charge in [0.25, 0.3) is 5.91 Å². The number of hydrogen-bond acceptors (Lipinski definition) is 3. The predicted octanol–water partition coefficient (Wildman–Crippen LogP) is 3.33. The number of rotatable bonds is 5. The first kappa shape index (κ1) is 17.0. The molecule has 136 valence electrons. The number of carbonyl (C=O) groups is 1. The summed E-state index contributed by atoms with van der Waals surface area (Å²) in [7, 11) is 0. The Bertz CT molecular complexity index is 1070. The third kappa shape index (κ3) is 3.57. The molecule has 0 radical (unpaired) electrons. The second-order valence-corrected chi connectivity index (χ2v) is 6.39. The molecule has 0 saturated heterocycles. The molecule has 1 aromatic carbocycles. The highest BCUT2D eigenvalue weighted by atomic mass is 19.1. The molecule has 0 aliphatic rings. The van der Waals surface area contributed by atoms with Gasteiger partial charge in [-0.2, -0.15) is 0 Å². The van der Waals surface area contributed by atoms with E-state index in [2.05, 4.69) is 15.3 Å². The van der Waals surface area contributed by atoms with Gasteiger partial charge in [0.15, 0.2) is 0 Å². The van der Waals surface area contributed by atoms with Crippen molar-refractivity contribution in [1.82, 2.24) is 24.3 Å². The molecule has 0 fully saturated rings. The molecular formula is C20H18FN5O. The van der Waals surface area contributed by atoms with Crippen molar-refractivity contribution in [3.05, 3.63) is 78.9 Å². The van der Waals surface area contributed by atoms with Gasteiger partial charge in [-0.1, -0.05) is 0 Å². The highest BCUT2D eigenvalue weighted by Crippen LogP contribution is 2.20. The Balaban J connectivity index is 1.50. The van der Waals surface area contributed by atoms with Crippen molar-refractivity contribution in [2.45, 2.75) is 13.0 Å². The fourth-order valence-corrected chi connectivity index (χ4v) is 2.86. The maximum atomic E-state index is 13.1. The summed E-state index contributed by atoms with van der Waals surface area (Å²) < 4.78 is 16.8. The van der Waals surface area contributed by atoms with Gasteiger partial charge in [0.05, 0.1) is 17.6 Å². The fraction of sp³-hybridized carbons (Fsp3) is 0.150. The van der Waals surface area contributed by atoms with Gasteiger partial charge in [-0.15, -0.1) is 0 Å². The number of imidazole rings is 2. The van der Waals surface area contributed by atoms with E-state index < -0.39 is 0 Å². The van der Waals surface area contributed by atoms with Crippen molar-refractivity contribution in [2.75, 3.05) is 6.54 Å². The van der Waals surface area contributed by atoms with Crippen LogP contribution in [0.15, 0.2) is 67.5 Å². The first-order valence-electron chi connectivity index (χ1n) is 8.60. The lowest BCUT2D eigenvalue weighted by molar-refractivity contribution is 0.0948. The Morgan fingerprint density at radius 2 is 2.00 bits per heavy atom. The highest BCUT2D eigenvalue weighted by molar-refractivity contribution is 5.94. The first-order valence-corrected chi connectivity index (χ1v) is 8.60. The molecule has 6 nitrogen and oxygen atoms in total. The lowest BCUT2D eigenvalue weighted by Crippen LogP contribution is -2.29. The molecule has 0 bridgehead atoms. The minimum atomic E-state index is -0.286. The summed E-state index contributed by atoms with van der Waals surface area (Å²) in [5.74, 6) is -0.438. The zero-order valence-electron chi connectivity index (χ0n) is 14.7. The van der Waals surface area contributed by atoms with Crippen molar-refractivity contribution < 1.29 is 9.18 Å². The van der Waals surface area contributed by atoms with E-state index in [9.17, 15) is 9.18 Å². The second-order valence-electron chi connectivity index (χ2n) is 6.39. The molecule has 27 heavy (non-hydrogen) atoms. The Morgan fingerprint density at radius 1 is 1.19 bits per heavy atom. The van der Waals surface area contributed by atoms with Crippen LogP contribution in [0, 0.1) is 5.82 Å². The number of pyridine rings is 1. The maximum Gasteiger partial charge on any atom is 0.252 e. The number of amides is 1. The van der Waals surface area contributed by atoms with Crippen LogP contribution in [0.3, 0.4) is 0 Å². The Labute approximate surface area is 155 Å². The summed E-state index contributed by atoms with van der Waals surface area (Å²) >= 11 is 0. The minimum Gasteiger partial charge on any atom is -0.350 e. The topological polar surface area (TPSA) is 64.2 Å². The highest BCUT2D eigenvalue weighted by Gasteiger charge is 2.11. The quantitative estimate of drug-likeness (QED) is 0.592. The fourth-order valence-electron chi connectivity index (χ4n) is 2.86. The molecule has 1 amide bonds. The molecule has 4 aromatic rings. The zero-order chi connectivity index (χ0) is 18.8. The van der Waals surface area contributed by atoms with Gasteiger partial charge < -0.3 is 14.3 Å². The van der Waals surface area contributed by atoms with E-state index in [1.54, 1.807) is 47.4 Å². The molecule has 0 spiro atoms. The van der Waals surface area contributed by atoms with Crippen molar-refractivity contribution in [2.24, 2.45) is 0 Å². The third-order valence-corrected chi connectivity index (χ3v) is 4.45. The molecule has 3 aromatic heterocycles. The summed E-state index contributed by atoms with van der Waals surface area (Å²) in [5, 5.41) is 2.93.